The number of para-hydroxylation sites is 2. The Morgan fingerprint density at radius 3 is 2.84 bits per heavy atom. The van der Waals surface area contributed by atoms with E-state index in [9.17, 15) is 0 Å². The van der Waals surface area contributed by atoms with Crippen LogP contribution in [0.25, 0.3) is 11.1 Å². The fourth-order valence-electron chi connectivity index (χ4n) is 1.77. The molecule has 0 aliphatic carbocycles. The molecule has 0 atom stereocenters. The fraction of sp³-hybridized carbons (Fsp3) is 0.0714. The van der Waals surface area contributed by atoms with Gasteiger partial charge in [-0.05, 0) is 30.3 Å². The lowest BCUT2D eigenvalue weighted by Crippen LogP contribution is -1.89. The standard InChI is InChI=1S/C14H11ClN2OS/c15-9-5-6-13(10(16)7-9)19-8-14-17-11-3-1-2-4-12(11)18-14/h1-7H,8,16H2. The van der Waals surface area contributed by atoms with Gasteiger partial charge in [-0.3, -0.25) is 0 Å². The minimum absolute atomic E-state index is 0.639. The average Bonchev–Trinajstić information content (AvgIpc) is 2.80. The van der Waals surface area contributed by atoms with Crippen LogP contribution >= 0.6 is 23.4 Å². The van der Waals surface area contributed by atoms with Gasteiger partial charge in [0, 0.05) is 15.6 Å². The van der Waals surface area contributed by atoms with Crippen molar-refractivity contribution < 1.29 is 4.42 Å². The van der Waals surface area contributed by atoms with E-state index < -0.39 is 0 Å². The third kappa shape index (κ3) is 2.69. The summed E-state index contributed by atoms with van der Waals surface area (Å²) >= 11 is 7.45. The van der Waals surface area contributed by atoms with Crippen molar-refractivity contribution in [2.75, 3.05) is 5.73 Å². The first-order valence-corrected chi connectivity index (χ1v) is 7.11. The van der Waals surface area contributed by atoms with Gasteiger partial charge >= 0.3 is 0 Å². The summed E-state index contributed by atoms with van der Waals surface area (Å²) in [7, 11) is 0. The number of aromatic nitrogens is 1. The Hall–Kier alpha value is -1.65. The molecule has 96 valence electrons. The number of anilines is 1. The smallest absolute Gasteiger partial charge is 0.205 e. The van der Waals surface area contributed by atoms with E-state index in [0.29, 0.717) is 22.4 Å². The van der Waals surface area contributed by atoms with Crippen molar-refractivity contribution in [1.29, 1.82) is 0 Å². The first kappa shape index (κ1) is 12.4. The molecular weight excluding hydrogens is 280 g/mol. The Balaban J connectivity index is 1.78. The minimum atomic E-state index is 0.639. The van der Waals surface area contributed by atoms with Gasteiger partial charge in [-0.15, -0.1) is 11.8 Å². The number of hydrogen-bond acceptors (Lipinski definition) is 4. The second kappa shape index (κ2) is 5.15. The monoisotopic (exact) mass is 290 g/mol. The van der Waals surface area contributed by atoms with Crippen molar-refractivity contribution in [3.63, 3.8) is 0 Å². The molecule has 0 spiro atoms. The average molecular weight is 291 g/mol. The molecule has 0 aliphatic rings. The second-order valence-corrected chi connectivity index (χ2v) is 5.50. The van der Waals surface area contributed by atoms with E-state index in [4.69, 9.17) is 21.8 Å². The van der Waals surface area contributed by atoms with Gasteiger partial charge < -0.3 is 10.2 Å². The maximum absolute atomic E-state index is 5.90. The fourth-order valence-corrected chi connectivity index (χ4v) is 2.74. The van der Waals surface area contributed by atoms with Gasteiger partial charge in [-0.25, -0.2) is 4.98 Å². The predicted octanol–water partition coefficient (Wildman–Crippen LogP) is 4.36. The second-order valence-electron chi connectivity index (χ2n) is 4.05. The maximum atomic E-state index is 5.90. The van der Waals surface area contributed by atoms with E-state index in [0.717, 1.165) is 16.0 Å². The van der Waals surface area contributed by atoms with Crippen molar-refractivity contribution in [2.24, 2.45) is 0 Å². The lowest BCUT2D eigenvalue weighted by atomic mass is 10.3. The highest BCUT2D eigenvalue weighted by atomic mass is 35.5. The highest BCUT2D eigenvalue weighted by Crippen LogP contribution is 2.30. The minimum Gasteiger partial charge on any atom is -0.440 e. The van der Waals surface area contributed by atoms with Crippen LogP contribution in [0.15, 0.2) is 51.8 Å². The van der Waals surface area contributed by atoms with Gasteiger partial charge in [0.15, 0.2) is 5.58 Å². The number of halogens is 1. The van der Waals surface area contributed by atoms with Gasteiger partial charge in [-0.1, -0.05) is 23.7 Å². The van der Waals surface area contributed by atoms with E-state index in [1.807, 2.05) is 36.4 Å². The quantitative estimate of drug-likeness (QED) is 0.575. The summed E-state index contributed by atoms with van der Waals surface area (Å²) in [6.45, 7) is 0. The maximum Gasteiger partial charge on any atom is 0.205 e. The molecule has 2 N–H and O–H groups in total. The Morgan fingerprint density at radius 1 is 1.21 bits per heavy atom. The Labute approximate surface area is 119 Å². The van der Waals surface area contributed by atoms with E-state index in [2.05, 4.69) is 4.98 Å². The first-order valence-electron chi connectivity index (χ1n) is 5.74. The summed E-state index contributed by atoms with van der Waals surface area (Å²) in [5, 5.41) is 0.642. The van der Waals surface area contributed by atoms with E-state index in [-0.39, 0.29) is 0 Å². The van der Waals surface area contributed by atoms with Crippen LogP contribution in [-0.2, 0) is 5.75 Å². The van der Waals surface area contributed by atoms with Gasteiger partial charge in [0.25, 0.3) is 0 Å². The van der Waals surface area contributed by atoms with Crippen molar-refractivity contribution in [3.05, 3.63) is 53.4 Å². The summed E-state index contributed by atoms with van der Waals surface area (Å²) in [4.78, 5) is 5.40. The van der Waals surface area contributed by atoms with Crippen LogP contribution in [0.3, 0.4) is 0 Å². The third-order valence-electron chi connectivity index (χ3n) is 2.66. The topological polar surface area (TPSA) is 52.0 Å². The normalized spacial score (nSPS) is 11.0. The predicted molar refractivity (Wildman–Crippen MR) is 79.4 cm³/mol. The number of benzene rings is 2. The molecule has 19 heavy (non-hydrogen) atoms. The Bertz CT molecular complexity index is 693. The molecule has 1 aromatic heterocycles. The van der Waals surface area contributed by atoms with Crippen LogP contribution in [0.4, 0.5) is 5.69 Å². The molecule has 2 aromatic carbocycles. The van der Waals surface area contributed by atoms with Crippen LogP contribution in [0.5, 0.6) is 0 Å². The summed E-state index contributed by atoms with van der Waals surface area (Å²) in [5.74, 6) is 1.33. The Morgan fingerprint density at radius 2 is 2.05 bits per heavy atom. The number of nitrogens with two attached hydrogens (primary N) is 1. The molecule has 0 bridgehead atoms. The van der Waals surface area contributed by atoms with Crippen molar-refractivity contribution >= 4 is 40.1 Å². The van der Waals surface area contributed by atoms with Crippen molar-refractivity contribution in [2.45, 2.75) is 10.6 Å². The molecular formula is C14H11ClN2OS. The largest absolute Gasteiger partial charge is 0.440 e. The van der Waals surface area contributed by atoms with E-state index in [1.165, 1.54) is 0 Å². The summed E-state index contributed by atoms with van der Waals surface area (Å²) in [5.41, 5.74) is 8.26. The molecule has 0 radical (unpaired) electrons. The van der Waals surface area contributed by atoms with Gasteiger partial charge in [0.1, 0.15) is 5.52 Å². The molecule has 3 aromatic rings. The van der Waals surface area contributed by atoms with Crippen LogP contribution in [0.1, 0.15) is 5.89 Å². The lowest BCUT2D eigenvalue weighted by Gasteiger charge is -2.03. The molecule has 5 heteroatoms. The van der Waals surface area contributed by atoms with Gasteiger partial charge in [-0.2, -0.15) is 0 Å². The molecule has 0 saturated carbocycles. The number of nitrogen functional groups attached to an aromatic ring is 1. The number of nitrogens with zero attached hydrogens (tertiary/aromatic N) is 1. The van der Waals surface area contributed by atoms with Crippen LogP contribution < -0.4 is 5.73 Å². The number of hydrogen-bond donors (Lipinski definition) is 1. The van der Waals surface area contributed by atoms with Gasteiger partial charge in [0.2, 0.25) is 5.89 Å². The lowest BCUT2D eigenvalue weighted by molar-refractivity contribution is 0.556. The zero-order chi connectivity index (χ0) is 13.2. The highest BCUT2D eigenvalue weighted by molar-refractivity contribution is 7.98. The molecule has 1 heterocycles. The molecule has 0 aliphatic heterocycles. The van der Waals surface area contributed by atoms with Gasteiger partial charge in [0.05, 0.1) is 5.75 Å². The van der Waals surface area contributed by atoms with Crippen molar-refractivity contribution in [1.82, 2.24) is 4.98 Å². The zero-order valence-corrected chi connectivity index (χ0v) is 11.5. The van der Waals surface area contributed by atoms with Crippen LogP contribution in [0, 0.1) is 0 Å². The summed E-state index contributed by atoms with van der Waals surface area (Å²) in [6, 6.07) is 13.2. The number of rotatable bonds is 3. The van der Waals surface area contributed by atoms with E-state index >= 15 is 0 Å². The first-order chi connectivity index (χ1) is 9.22. The van der Waals surface area contributed by atoms with Crippen LogP contribution in [0.2, 0.25) is 5.02 Å². The highest BCUT2D eigenvalue weighted by Gasteiger charge is 2.07. The molecule has 0 amide bonds. The zero-order valence-electron chi connectivity index (χ0n) is 9.97. The molecule has 3 nitrogen and oxygen atoms in total. The molecule has 0 unspecified atom stereocenters. The number of fused-ring (bicyclic) bond motifs is 1. The summed E-state index contributed by atoms with van der Waals surface area (Å²) < 4.78 is 5.65. The molecule has 0 saturated heterocycles. The molecule has 0 fully saturated rings. The Kier molecular flexibility index (Phi) is 3.36. The molecule has 3 rings (SSSR count). The SMILES string of the molecule is Nc1cc(Cl)ccc1SCc1nc2ccccc2o1. The number of oxazole rings is 1. The van der Waals surface area contributed by atoms with E-state index in [1.54, 1.807) is 17.8 Å². The number of thioether (sulfide) groups is 1. The third-order valence-corrected chi connectivity index (χ3v) is 3.97. The van der Waals surface area contributed by atoms with Crippen LogP contribution in [-0.4, -0.2) is 4.98 Å². The summed E-state index contributed by atoms with van der Waals surface area (Å²) in [6.07, 6.45) is 0. The van der Waals surface area contributed by atoms with Crippen molar-refractivity contribution in [3.8, 4) is 0 Å².